The third kappa shape index (κ3) is 5.05. The van der Waals surface area contributed by atoms with Gasteiger partial charge in [-0.05, 0) is 56.1 Å². The number of benzene rings is 2. The summed E-state index contributed by atoms with van der Waals surface area (Å²) in [5, 5.41) is 6.23. The van der Waals surface area contributed by atoms with Crippen LogP contribution in [0.25, 0.3) is 0 Å². The van der Waals surface area contributed by atoms with Gasteiger partial charge in [-0.25, -0.2) is 9.40 Å². The van der Waals surface area contributed by atoms with Crippen LogP contribution in [-0.2, 0) is 14.3 Å². The monoisotopic (exact) mass is 437 g/mol. The molecule has 0 aromatic heterocycles. The highest BCUT2D eigenvalue weighted by atomic mass is 19.1. The van der Waals surface area contributed by atoms with Gasteiger partial charge in [0.1, 0.15) is 5.82 Å². The Morgan fingerprint density at radius 1 is 1.06 bits per heavy atom. The fourth-order valence-corrected chi connectivity index (χ4v) is 4.34. The topological polar surface area (TPSA) is 62.2 Å². The van der Waals surface area contributed by atoms with E-state index in [1.165, 1.54) is 12.1 Å². The number of hydrazone groups is 1. The Balaban J connectivity index is 1.47. The largest absolute Gasteiger partial charge is 0.466 e. The molecule has 0 spiro atoms. The highest BCUT2D eigenvalue weighted by molar-refractivity contribution is 6.03. The first-order chi connectivity index (χ1) is 15.5. The fraction of sp³-hybridized carbons (Fsp3) is 0.400. The molecule has 168 valence electrons. The van der Waals surface area contributed by atoms with E-state index in [0.717, 1.165) is 16.8 Å². The predicted octanol–water partition coefficient (Wildman–Crippen LogP) is 3.78. The number of carbonyl (C=O) groups excluding carboxylic acids is 2. The van der Waals surface area contributed by atoms with E-state index in [1.807, 2.05) is 37.3 Å². The van der Waals surface area contributed by atoms with Gasteiger partial charge in [-0.15, -0.1) is 0 Å². The number of carbonyl (C=O) groups is 2. The lowest BCUT2D eigenvalue weighted by Gasteiger charge is -2.31. The summed E-state index contributed by atoms with van der Waals surface area (Å²) in [7, 11) is 0. The maximum Gasteiger partial charge on any atom is 0.309 e. The van der Waals surface area contributed by atoms with Gasteiger partial charge in [0.05, 0.1) is 30.8 Å². The van der Waals surface area contributed by atoms with Gasteiger partial charge in [0, 0.05) is 6.42 Å². The van der Waals surface area contributed by atoms with Crippen LogP contribution in [0.15, 0.2) is 59.7 Å². The normalized spacial score (nSPS) is 19.6. The number of halogens is 1. The van der Waals surface area contributed by atoms with Crippen LogP contribution in [0.3, 0.4) is 0 Å². The summed E-state index contributed by atoms with van der Waals surface area (Å²) in [5.41, 5.74) is 2.68. The molecule has 0 saturated carbocycles. The molecule has 32 heavy (non-hydrogen) atoms. The van der Waals surface area contributed by atoms with Crippen molar-refractivity contribution in [3.8, 4) is 0 Å². The molecule has 1 saturated heterocycles. The molecule has 1 fully saturated rings. The second-order valence-electron chi connectivity index (χ2n) is 8.22. The molecule has 6 nitrogen and oxygen atoms in total. The maximum absolute atomic E-state index is 13.5. The molecule has 7 heteroatoms. The number of hydrogen-bond acceptors (Lipinski definition) is 5. The van der Waals surface area contributed by atoms with Crippen molar-refractivity contribution in [1.29, 1.82) is 0 Å². The lowest BCUT2D eigenvalue weighted by molar-refractivity contribution is -0.149. The summed E-state index contributed by atoms with van der Waals surface area (Å²) < 4.78 is 18.6. The van der Waals surface area contributed by atoms with Crippen molar-refractivity contribution in [2.75, 3.05) is 26.2 Å². The summed E-state index contributed by atoms with van der Waals surface area (Å²) in [6.07, 6.45) is 1.95. The number of rotatable bonds is 6. The van der Waals surface area contributed by atoms with Crippen LogP contribution in [-0.4, -0.2) is 53.7 Å². The van der Waals surface area contributed by atoms with E-state index in [2.05, 4.69) is 10.0 Å². The Morgan fingerprint density at radius 3 is 2.41 bits per heavy atom. The van der Waals surface area contributed by atoms with Crippen molar-refractivity contribution >= 4 is 17.6 Å². The van der Waals surface area contributed by atoms with Crippen molar-refractivity contribution in [3.05, 3.63) is 71.5 Å². The molecule has 0 aliphatic carbocycles. The third-order valence-electron chi connectivity index (χ3n) is 6.09. The number of hydrogen-bond donors (Lipinski definition) is 0. The number of piperidine rings is 1. The lowest BCUT2D eigenvalue weighted by Crippen LogP contribution is -2.43. The lowest BCUT2D eigenvalue weighted by atomic mass is 9.97. The standard InChI is InChI=1S/C25H28FN3O3/c1-2-32-25(31)20-12-14-28(15-13-20)17-24(30)29-23(19-8-10-21(26)11-9-19)16-22(27-29)18-6-4-3-5-7-18/h3-11,20,23H,2,12-17H2,1H3/t23-/m0/s1. The fourth-order valence-electron chi connectivity index (χ4n) is 4.34. The molecule has 0 unspecified atom stereocenters. The molecule has 2 aliphatic rings. The molecule has 2 aromatic rings. The van der Waals surface area contributed by atoms with Crippen molar-refractivity contribution < 1.29 is 18.7 Å². The molecular formula is C25H28FN3O3. The average molecular weight is 438 g/mol. The molecule has 0 N–H and O–H groups in total. The molecule has 1 atom stereocenters. The van der Waals surface area contributed by atoms with Gasteiger partial charge < -0.3 is 4.74 Å². The molecule has 0 bridgehead atoms. The van der Waals surface area contributed by atoms with Gasteiger partial charge in [-0.3, -0.25) is 14.5 Å². The van der Waals surface area contributed by atoms with Crippen molar-refractivity contribution in [1.82, 2.24) is 9.91 Å². The average Bonchev–Trinajstić information content (AvgIpc) is 3.26. The van der Waals surface area contributed by atoms with Crippen LogP contribution in [0.4, 0.5) is 4.39 Å². The second-order valence-corrected chi connectivity index (χ2v) is 8.22. The van der Waals surface area contributed by atoms with Gasteiger partial charge >= 0.3 is 5.97 Å². The van der Waals surface area contributed by atoms with E-state index in [9.17, 15) is 14.0 Å². The van der Waals surface area contributed by atoms with Crippen LogP contribution in [0.2, 0.25) is 0 Å². The van der Waals surface area contributed by atoms with Gasteiger partial charge in [0.15, 0.2) is 0 Å². The number of amides is 1. The maximum atomic E-state index is 13.5. The van der Waals surface area contributed by atoms with Gasteiger partial charge in [0.2, 0.25) is 0 Å². The van der Waals surface area contributed by atoms with E-state index < -0.39 is 0 Å². The quantitative estimate of drug-likeness (QED) is 0.646. The van der Waals surface area contributed by atoms with E-state index >= 15 is 0 Å². The zero-order chi connectivity index (χ0) is 22.5. The SMILES string of the molecule is CCOC(=O)C1CCN(CC(=O)N2N=C(c3ccccc3)C[C@H]2c2ccc(F)cc2)CC1. The Kier molecular flexibility index (Phi) is 6.95. The number of nitrogens with zero attached hydrogens (tertiary/aromatic N) is 3. The van der Waals surface area contributed by atoms with E-state index in [-0.39, 0.29) is 36.2 Å². The van der Waals surface area contributed by atoms with E-state index in [0.29, 0.717) is 39.0 Å². The number of esters is 1. The molecule has 0 radical (unpaired) electrons. The Morgan fingerprint density at radius 2 is 1.75 bits per heavy atom. The van der Waals surface area contributed by atoms with Crippen molar-refractivity contribution in [2.45, 2.75) is 32.2 Å². The molecule has 4 rings (SSSR count). The minimum absolute atomic E-state index is 0.0947. The predicted molar refractivity (Wildman–Crippen MR) is 119 cm³/mol. The molecule has 1 amide bonds. The van der Waals surface area contributed by atoms with E-state index in [1.54, 1.807) is 17.1 Å². The summed E-state index contributed by atoms with van der Waals surface area (Å²) in [6.45, 7) is 3.76. The van der Waals surface area contributed by atoms with Crippen molar-refractivity contribution in [2.24, 2.45) is 11.0 Å². The highest BCUT2D eigenvalue weighted by Crippen LogP contribution is 2.33. The molecular weight excluding hydrogens is 409 g/mol. The minimum Gasteiger partial charge on any atom is -0.466 e. The first-order valence-corrected chi connectivity index (χ1v) is 11.1. The minimum atomic E-state index is -0.307. The summed E-state index contributed by atoms with van der Waals surface area (Å²) >= 11 is 0. The summed E-state index contributed by atoms with van der Waals surface area (Å²) in [5.74, 6) is -0.646. The highest BCUT2D eigenvalue weighted by Gasteiger charge is 2.35. The van der Waals surface area contributed by atoms with Crippen LogP contribution >= 0.6 is 0 Å². The van der Waals surface area contributed by atoms with Crippen molar-refractivity contribution in [3.63, 3.8) is 0 Å². The Bertz CT molecular complexity index is 970. The van der Waals surface area contributed by atoms with Crippen LogP contribution in [0.1, 0.15) is 43.4 Å². The van der Waals surface area contributed by atoms with Crippen LogP contribution < -0.4 is 0 Å². The van der Waals surface area contributed by atoms with Crippen LogP contribution in [0.5, 0.6) is 0 Å². The third-order valence-corrected chi connectivity index (χ3v) is 6.09. The number of likely N-dealkylation sites (tertiary alicyclic amines) is 1. The summed E-state index contributed by atoms with van der Waals surface area (Å²) in [6, 6.07) is 15.8. The molecule has 2 heterocycles. The smallest absolute Gasteiger partial charge is 0.309 e. The molecule has 2 aromatic carbocycles. The van der Waals surface area contributed by atoms with Crippen LogP contribution in [0, 0.1) is 11.7 Å². The van der Waals surface area contributed by atoms with E-state index in [4.69, 9.17) is 4.74 Å². The van der Waals surface area contributed by atoms with Gasteiger partial charge in [-0.1, -0.05) is 42.5 Å². The number of ether oxygens (including phenoxy) is 1. The summed E-state index contributed by atoms with van der Waals surface area (Å²) in [4.78, 5) is 27.3. The van der Waals surface area contributed by atoms with Gasteiger partial charge in [0.25, 0.3) is 5.91 Å². The second kappa shape index (κ2) is 10.0. The zero-order valence-electron chi connectivity index (χ0n) is 18.2. The first-order valence-electron chi connectivity index (χ1n) is 11.1. The molecule has 2 aliphatic heterocycles. The zero-order valence-corrected chi connectivity index (χ0v) is 18.2. The Labute approximate surface area is 187 Å². The Hall–Kier alpha value is -3.06. The first kappa shape index (κ1) is 22.1. The van der Waals surface area contributed by atoms with Gasteiger partial charge in [-0.2, -0.15) is 5.10 Å².